The van der Waals surface area contributed by atoms with Gasteiger partial charge in [-0.3, -0.25) is 0 Å². The van der Waals surface area contributed by atoms with Crippen molar-refractivity contribution in [2.24, 2.45) is 51.9 Å². The Morgan fingerprint density at radius 1 is 0.264 bits per heavy atom. The number of pyridine rings is 8. The second-order valence-corrected chi connectivity index (χ2v) is 43.5. The van der Waals surface area contributed by atoms with Crippen molar-refractivity contribution >= 4 is 88.3 Å². The summed E-state index contributed by atoms with van der Waals surface area (Å²) in [5.41, 5.74) is 51.0. The van der Waals surface area contributed by atoms with Crippen LogP contribution in [0.2, 0.25) is 0 Å². The van der Waals surface area contributed by atoms with Gasteiger partial charge in [-0.05, 0) is 246 Å². The van der Waals surface area contributed by atoms with Crippen LogP contribution in [0, 0.1) is 107 Å². The molecule has 0 N–H and O–H groups in total. The lowest BCUT2D eigenvalue weighted by Crippen LogP contribution is -2.38. The first-order chi connectivity index (χ1) is 66.9. The Bertz CT molecular complexity index is 8580. The van der Waals surface area contributed by atoms with Gasteiger partial charge in [0.15, 0.2) is 47.1 Å². The van der Waals surface area contributed by atoms with Crippen LogP contribution < -0.4 is 18.3 Å². The van der Waals surface area contributed by atoms with Gasteiger partial charge < -0.3 is 17.7 Å². The maximum Gasteiger partial charge on any atom is 0.227 e. The van der Waals surface area contributed by atoms with Gasteiger partial charge in [0.05, 0.1) is 45.0 Å². The smallest absolute Gasteiger partial charge is 0.227 e. The number of hydrogen-bond donors (Lipinski definition) is 0. The number of aryl methyl sites for hydroxylation is 16. The van der Waals surface area contributed by atoms with Crippen molar-refractivity contribution in [3.63, 3.8) is 0 Å². The number of fused-ring (bicyclic) bond motifs is 24. The molecule has 0 unspecified atom stereocenters. The molecule has 0 spiro atoms. The Kier molecular flexibility index (Phi) is 22.5. The van der Waals surface area contributed by atoms with Gasteiger partial charge >= 0.3 is 0 Å². The van der Waals surface area contributed by atoms with Gasteiger partial charge in [0.1, 0.15) is 28.2 Å². The van der Waals surface area contributed by atoms with Crippen molar-refractivity contribution in [1.29, 1.82) is 0 Å². The van der Waals surface area contributed by atoms with Gasteiger partial charge in [0.25, 0.3) is 0 Å². The number of nitrogens with zero attached hydrogens (tertiary/aromatic N) is 8. The summed E-state index contributed by atoms with van der Waals surface area (Å²) in [4.78, 5) is 21.1. The van der Waals surface area contributed by atoms with Crippen LogP contribution in [-0.4, -0.2) is 19.9 Å². The largest absolute Gasteiger partial charge is 0.437 e. The first-order valence-corrected chi connectivity index (χ1v) is 50.7. The highest BCUT2D eigenvalue weighted by Crippen LogP contribution is 2.60. The van der Waals surface area contributed by atoms with Crippen LogP contribution in [-0.2, 0) is 49.9 Å². The molecule has 704 valence electrons. The third kappa shape index (κ3) is 14.0. The third-order valence-corrected chi connectivity index (χ3v) is 32.8. The average Bonchev–Trinajstić information content (AvgIpc) is 1.56. The second kappa shape index (κ2) is 34.0. The van der Waals surface area contributed by atoms with Crippen molar-refractivity contribution in [3.05, 3.63) is 331 Å². The van der Waals surface area contributed by atoms with E-state index in [1.807, 2.05) is 0 Å². The SMILES string of the molecule is CCC1(CC)c2ccccc2-c2cc3c(nc21)oc1c(-c2cc(C)c(C)c[n+]2C)c(C)ccc13.Cc1cc(-c2c(C)ccc3c2oc2nc4c(cc23)-c2ccccc2C4(C(C)C)C(C)C)[n+](C)cc1C.Cc1cc(-c2c(C)ccc3c2oc2nc4c(cc23)-c2ccccc2C4(C)C)[n+](C)cc1C.Cc1cc(-c2c(C)ccc3c2oc2nc4c(cc23)-c2ccccc2C4(CC(C)C)CC(C)C)[n+](C)cc1C. The number of aromatic nitrogens is 8. The lowest BCUT2D eigenvalue weighted by Gasteiger charge is -2.39. The van der Waals surface area contributed by atoms with Crippen LogP contribution in [0.5, 0.6) is 0 Å². The highest BCUT2D eigenvalue weighted by atomic mass is 16.4. The highest BCUT2D eigenvalue weighted by Gasteiger charge is 2.51. The zero-order valence-corrected chi connectivity index (χ0v) is 87.1. The predicted molar refractivity (Wildman–Crippen MR) is 575 cm³/mol. The Hall–Kier alpha value is -13.8. The quantitative estimate of drug-likeness (QED) is 0.111. The number of rotatable bonds is 12. The van der Waals surface area contributed by atoms with Crippen molar-refractivity contribution in [1.82, 2.24) is 19.9 Å². The monoisotopic (exact) mass is 1850 g/mol. The molecule has 0 saturated carbocycles. The topological polar surface area (TPSA) is 120 Å². The van der Waals surface area contributed by atoms with E-state index in [1.54, 1.807) is 0 Å². The Morgan fingerprint density at radius 2 is 0.521 bits per heavy atom. The van der Waals surface area contributed by atoms with E-state index in [4.69, 9.17) is 37.6 Å². The fourth-order valence-corrected chi connectivity index (χ4v) is 25.4. The van der Waals surface area contributed by atoms with Crippen molar-refractivity contribution < 1.29 is 35.9 Å². The molecule has 0 radical (unpaired) electrons. The molecule has 0 aliphatic heterocycles. The maximum atomic E-state index is 6.75. The van der Waals surface area contributed by atoms with E-state index in [9.17, 15) is 0 Å². The molecule has 24 rings (SSSR count). The van der Waals surface area contributed by atoms with Gasteiger partial charge in [-0.15, -0.1) is 0 Å². The molecule has 12 heteroatoms. The predicted octanol–water partition coefficient (Wildman–Crippen LogP) is 30.9. The molecular formula is C128H132N8O4+4. The molecule has 8 aromatic carbocycles. The number of furan rings is 4. The van der Waals surface area contributed by atoms with Crippen molar-refractivity contribution in [2.75, 3.05) is 0 Å². The van der Waals surface area contributed by atoms with Crippen LogP contribution in [0.25, 0.3) is 178 Å². The molecule has 0 fully saturated rings. The summed E-state index contributed by atoms with van der Waals surface area (Å²) >= 11 is 0. The Labute approximate surface area is 824 Å². The van der Waals surface area contributed by atoms with Crippen molar-refractivity contribution in [3.8, 4) is 89.5 Å². The molecule has 4 aliphatic carbocycles. The second-order valence-electron chi connectivity index (χ2n) is 43.5. The Morgan fingerprint density at radius 3 is 0.836 bits per heavy atom. The lowest BCUT2D eigenvalue weighted by molar-refractivity contribution is -0.660. The minimum absolute atomic E-state index is 0.0572. The summed E-state index contributed by atoms with van der Waals surface area (Å²) in [6.45, 7) is 53.7. The zero-order valence-electron chi connectivity index (χ0n) is 87.1. The Balaban J connectivity index is 0.000000111. The van der Waals surface area contributed by atoms with Gasteiger partial charge in [-0.25, -0.2) is 38.2 Å². The molecule has 4 aliphatic rings. The summed E-state index contributed by atoms with van der Waals surface area (Å²) in [6.07, 6.45) is 13.0. The van der Waals surface area contributed by atoms with Crippen LogP contribution in [0.15, 0.2) is 237 Å². The summed E-state index contributed by atoms with van der Waals surface area (Å²) in [5, 5.41) is 8.89. The minimum atomic E-state index is -0.141. The normalized spacial score (nSPS) is 14.2. The molecule has 20 aromatic rings. The van der Waals surface area contributed by atoms with Crippen LogP contribution in [0.4, 0.5) is 0 Å². The van der Waals surface area contributed by atoms with Crippen LogP contribution in [0.1, 0.15) is 221 Å². The summed E-state index contributed by atoms with van der Waals surface area (Å²) in [5.74, 6) is 1.92. The highest BCUT2D eigenvalue weighted by molar-refractivity contribution is 6.15. The summed E-state index contributed by atoms with van der Waals surface area (Å²) in [7, 11) is 8.46. The van der Waals surface area contributed by atoms with Crippen LogP contribution in [0.3, 0.4) is 0 Å². The molecule has 12 heterocycles. The van der Waals surface area contributed by atoms with Gasteiger partial charge in [-0.1, -0.05) is 229 Å². The first kappa shape index (κ1) is 92.5. The summed E-state index contributed by atoms with van der Waals surface area (Å²) in [6, 6.07) is 71.4. The first-order valence-electron chi connectivity index (χ1n) is 50.7. The van der Waals surface area contributed by atoms with Gasteiger partial charge in [0, 0.05) is 134 Å². The molecule has 0 amide bonds. The van der Waals surface area contributed by atoms with E-state index in [0.717, 1.165) is 159 Å². The van der Waals surface area contributed by atoms with Crippen molar-refractivity contribution in [2.45, 2.75) is 214 Å². The van der Waals surface area contributed by atoms with E-state index in [1.165, 1.54) is 156 Å². The summed E-state index contributed by atoms with van der Waals surface area (Å²) < 4.78 is 35.4. The molecule has 12 aromatic heterocycles. The van der Waals surface area contributed by atoms with Gasteiger partial charge in [0.2, 0.25) is 45.6 Å². The maximum absolute atomic E-state index is 6.75. The average molecular weight is 1850 g/mol. The third-order valence-electron chi connectivity index (χ3n) is 32.8. The molecule has 0 atom stereocenters. The molecule has 12 nitrogen and oxygen atoms in total. The van der Waals surface area contributed by atoms with E-state index in [2.05, 4.69) is 432 Å². The fourth-order valence-electron chi connectivity index (χ4n) is 25.4. The zero-order chi connectivity index (χ0) is 98.6. The molecular weight excluding hydrogens is 1710 g/mol. The lowest BCUT2D eigenvalue weighted by atomic mass is 9.64. The molecule has 140 heavy (non-hydrogen) atoms. The van der Waals surface area contributed by atoms with Gasteiger partial charge in [-0.2, -0.15) is 0 Å². The molecule has 0 bridgehead atoms. The molecule has 0 saturated heterocycles. The van der Waals surface area contributed by atoms with E-state index >= 15 is 0 Å². The van der Waals surface area contributed by atoms with E-state index in [-0.39, 0.29) is 21.7 Å². The van der Waals surface area contributed by atoms with E-state index < -0.39 is 0 Å². The number of benzene rings is 8. The number of hydrogen-bond acceptors (Lipinski definition) is 8. The van der Waals surface area contributed by atoms with Crippen LogP contribution >= 0.6 is 0 Å². The fraction of sp³-hybridized carbons (Fsp3) is 0.312. The minimum Gasteiger partial charge on any atom is -0.437 e. The standard InChI is InChI=1S/C35H39N2O.C33H35N2O.C31H31N2O.C29H27N2O/c1-20(2)17-35(18-21(3)4)29-12-10-9-11-25(29)27-16-28-26-14-13-22(5)31(32(26)38-34(28)36-33(27)35)30-15-23(6)24(7)19-37(30)8;1-18(2)33(19(3)4)27-12-10-9-11-23(27)25-16-26-24-14-13-20(5)29(30(24)36-32(26)34-31(25)33)28-15-21(6)22(7)17-35(28)8;1-7-31(8-2)25-12-10-9-11-21(25)23-16-24-22-14-13-18(3)27(28(22)34-30(24)32-29(23)31)26-15-19(4)20(5)17-33(26)6;1-16-11-12-20-22-14-21-19-9-7-8-10-23(19)29(4,5)27(21)30-28(22)32-26(20)25(16)24-13-17(2)18(3)15-31(24)6/h9-16,19-21H,17-18H2,1-8H3;9-19H,1-8H3;9-17H,7-8H2,1-6H3;7-15H,1-6H3/q4*+1. The van der Waals surface area contributed by atoms with E-state index in [0.29, 0.717) is 23.7 Å².